The molecule has 2 aliphatic heterocycles. The number of allylic oxidation sites excluding steroid dienone is 2. The average Bonchev–Trinajstić information content (AvgIpc) is 2.94. The van der Waals surface area contributed by atoms with Gasteiger partial charge in [-0.25, -0.2) is 9.37 Å². The van der Waals surface area contributed by atoms with E-state index in [9.17, 15) is 23.9 Å². The monoisotopic (exact) mass is 526 g/mol. The van der Waals surface area contributed by atoms with Crippen molar-refractivity contribution in [2.24, 2.45) is 0 Å². The molecule has 0 radical (unpaired) electrons. The Kier molecular flexibility index (Phi) is 7.43. The molecule has 2 fully saturated rings. The van der Waals surface area contributed by atoms with E-state index in [1.54, 1.807) is 23.2 Å². The Balaban J connectivity index is 1.57. The molecule has 2 unspecified atom stereocenters. The van der Waals surface area contributed by atoms with Crippen molar-refractivity contribution in [3.8, 4) is 5.75 Å². The lowest BCUT2D eigenvalue weighted by molar-refractivity contribution is -0.118. The van der Waals surface area contributed by atoms with Gasteiger partial charge in [0.05, 0.1) is 37.2 Å². The highest BCUT2D eigenvalue weighted by atomic mass is 19.1. The Morgan fingerprint density at radius 3 is 2.92 bits per heavy atom. The number of hydrogen-bond donors (Lipinski definition) is 3. The van der Waals surface area contributed by atoms with Gasteiger partial charge in [-0.15, -0.1) is 0 Å². The lowest BCUT2D eigenvalue weighted by Crippen LogP contribution is -2.49. The van der Waals surface area contributed by atoms with Crippen LogP contribution in [0.15, 0.2) is 40.9 Å². The van der Waals surface area contributed by atoms with Crippen LogP contribution in [-0.2, 0) is 9.53 Å². The maximum absolute atomic E-state index is 13.4. The number of aromatic hydroxyl groups is 1. The molecule has 0 aromatic carbocycles. The van der Waals surface area contributed by atoms with Crippen LogP contribution in [0.3, 0.4) is 0 Å². The molecule has 0 spiro atoms. The number of hydrogen-bond acceptors (Lipinski definition) is 8. The fourth-order valence-electron chi connectivity index (χ4n) is 4.94. The summed E-state index contributed by atoms with van der Waals surface area (Å²) in [6.45, 7) is 4.82. The normalized spacial score (nSPS) is 22.1. The van der Waals surface area contributed by atoms with Gasteiger partial charge in [0.2, 0.25) is 11.7 Å². The Bertz CT molecular complexity index is 1370. The summed E-state index contributed by atoms with van der Waals surface area (Å²) in [7, 11) is 0. The number of amides is 2. The number of carbonyl (C=O) groups excluding carboxylic acids is 2. The van der Waals surface area contributed by atoms with Gasteiger partial charge in [-0.2, -0.15) is 0 Å². The van der Waals surface area contributed by atoms with Crippen LogP contribution in [-0.4, -0.2) is 84.5 Å². The summed E-state index contributed by atoms with van der Waals surface area (Å²) in [6, 6.07) is 1.88. The maximum atomic E-state index is 13.4. The van der Waals surface area contributed by atoms with Crippen LogP contribution in [0, 0.1) is 0 Å². The number of anilines is 2. The SMILES string of the molecule is CCC1COCCN1c1cc(N2CCNCC2=O)c2nc(C(=O)NCC3=CCC(F)C=C3)c(O)c(=O)n2c1. The van der Waals surface area contributed by atoms with Gasteiger partial charge in [-0.1, -0.05) is 25.2 Å². The number of aromatic nitrogens is 2. The minimum Gasteiger partial charge on any atom is -0.501 e. The first-order valence-electron chi connectivity index (χ1n) is 12.8. The summed E-state index contributed by atoms with van der Waals surface area (Å²) < 4.78 is 20.2. The van der Waals surface area contributed by atoms with Crippen molar-refractivity contribution >= 4 is 28.8 Å². The van der Waals surface area contributed by atoms with E-state index in [1.165, 1.54) is 10.5 Å². The van der Waals surface area contributed by atoms with Crippen LogP contribution in [0.5, 0.6) is 5.75 Å². The molecule has 38 heavy (non-hydrogen) atoms. The topological polar surface area (TPSA) is 129 Å². The van der Waals surface area contributed by atoms with Crippen molar-refractivity contribution in [1.29, 1.82) is 0 Å². The van der Waals surface area contributed by atoms with Crippen LogP contribution < -0.4 is 26.0 Å². The third-order valence-corrected chi connectivity index (χ3v) is 7.07. The van der Waals surface area contributed by atoms with Gasteiger partial charge in [-0.05, 0) is 18.1 Å². The number of alkyl halides is 1. The van der Waals surface area contributed by atoms with Crippen molar-refractivity contribution in [2.75, 3.05) is 55.7 Å². The quantitative estimate of drug-likeness (QED) is 0.507. The van der Waals surface area contributed by atoms with E-state index in [1.807, 2.05) is 13.0 Å². The molecule has 3 N–H and O–H groups in total. The van der Waals surface area contributed by atoms with Crippen molar-refractivity contribution in [3.05, 3.63) is 52.1 Å². The minimum atomic E-state index is -1.05. The summed E-state index contributed by atoms with van der Waals surface area (Å²) in [5.41, 5.74) is 0.620. The van der Waals surface area contributed by atoms with Crippen molar-refractivity contribution in [3.63, 3.8) is 0 Å². The fourth-order valence-corrected chi connectivity index (χ4v) is 4.94. The molecule has 5 rings (SSSR count). The number of carbonyl (C=O) groups is 2. The van der Waals surface area contributed by atoms with Gasteiger partial charge < -0.3 is 30.3 Å². The largest absolute Gasteiger partial charge is 0.501 e. The molecule has 4 heterocycles. The van der Waals surface area contributed by atoms with Crippen LogP contribution >= 0.6 is 0 Å². The van der Waals surface area contributed by atoms with Gasteiger partial charge in [0, 0.05) is 38.8 Å². The maximum Gasteiger partial charge on any atom is 0.301 e. The van der Waals surface area contributed by atoms with Crippen LogP contribution in [0.1, 0.15) is 30.3 Å². The Labute approximate surface area is 218 Å². The summed E-state index contributed by atoms with van der Waals surface area (Å²) in [4.78, 5) is 47.3. The molecule has 0 saturated carbocycles. The molecule has 3 aliphatic rings. The molecular formula is C26H31FN6O5. The van der Waals surface area contributed by atoms with E-state index in [-0.39, 0.29) is 37.1 Å². The highest BCUT2D eigenvalue weighted by Gasteiger charge is 2.29. The molecule has 2 aromatic rings. The average molecular weight is 527 g/mol. The van der Waals surface area contributed by atoms with E-state index >= 15 is 0 Å². The van der Waals surface area contributed by atoms with Gasteiger partial charge in [0.25, 0.3) is 5.91 Å². The zero-order chi connectivity index (χ0) is 26.8. The predicted octanol–water partition coefficient (Wildman–Crippen LogP) is 0.906. The second-order valence-corrected chi connectivity index (χ2v) is 9.52. The van der Waals surface area contributed by atoms with E-state index in [4.69, 9.17) is 4.74 Å². The number of nitrogens with one attached hydrogen (secondary N) is 2. The van der Waals surface area contributed by atoms with Gasteiger partial charge in [0.1, 0.15) is 6.17 Å². The summed E-state index contributed by atoms with van der Waals surface area (Å²) >= 11 is 0. The molecular weight excluding hydrogens is 495 g/mol. The highest BCUT2D eigenvalue weighted by molar-refractivity contribution is 6.00. The third kappa shape index (κ3) is 5.01. The molecule has 2 atom stereocenters. The molecule has 12 heteroatoms. The van der Waals surface area contributed by atoms with Crippen LogP contribution in [0.4, 0.5) is 15.8 Å². The number of ether oxygens (including phenoxy) is 1. The van der Waals surface area contributed by atoms with Crippen LogP contribution in [0.25, 0.3) is 5.65 Å². The number of fused-ring (bicyclic) bond motifs is 1. The first-order valence-corrected chi connectivity index (χ1v) is 12.8. The molecule has 2 saturated heterocycles. The van der Waals surface area contributed by atoms with Crippen molar-refractivity contribution in [1.82, 2.24) is 20.0 Å². The van der Waals surface area contributed by atoms with Gasteiger partial charge in [-0.3, -0.25) is 18.8 Å². The van der Waals surface area contributed by atoms with Gasteiger partial charge >= 0.3 is 5.56 Å². The van der Waals surface area contributed by atoms with Gasteiger partial charge in [0.15, 0.2) is 11.3 Å². The van der Waals surface area contributed by atoms with Crippen molar-refractivity contribution in [2.45, 2.75) is 32.0 Å². The molecule has 2 amide bonds. The van der Waals surface area contributed by atoms with E-state index in [0.717, 1.165) is 6.42 Å². The number of pyridine rings is 1. The number of nitrogens with zero attached hydrogens (tertiary/aromatic N) is 4. The number of rotatable bonds is 6. The van der Waals surface area contributed by atoms with Crippen LogP contribution in [0.2, 0.25) is 0 Å². The Morgan fingerprint density at radius 2 is 2.18 bits per heavy atom. The molecule has 11 nitrogen and oxygen atoms in total. The fraction of sp³-hybridized carbons (Fsp3) is 0.462. The standard InChI is InChI=1S/C26H31FN6O5/c1-2-18-15-38-10-9-31(18)19-11-20(32-8-7-28-13-21(32)34)24-30-22(23(35)26(37)33(24)14-19)25(36)29-12-16-3-5-17(27)6-4-16/h3-5,11,14,17-18,28,35H,2,6-10,12-13,15H2,1H3,(H,29,36). The summed E-state index contributed by atoms with van der Waals surface area (Å²) in [5, 5.41) is 16.4. The van der Waals surface area contributed by atoms with E-state index in [2.05, 4.69) is 20.5 Å². The first kappa shape index (κ1) is 25.9. The third-order valence-electron chi connectivity index (χ3n) is 7.07. The second kappa shape index (κ2) is 10.9. The molecule has 0 bridgehead atoms. The molecule has 202 valence electrons. The number of halogens is 1. The minimum absolute atomic E-state index is 0.0749. The predicted molar refractivity (Wildman–Crippen MR) is 140 cm³/mol. The smallest absolute Gasteiger partial charge is 0.301 e. The first-order chi connectivity index (χ1) is 18.4. The molecule has 2 aromatic heterocycles. The zero-order valence-electron chi connectivity index (χ0n) is 21.2. The Morgan fingerprint density at radius 1 is 1.34 bits per heavy atom. The lowest BCUT2D eigenvalue weighted by Gasteiger charge is -2.38. The summed E-state index contributed by atoms with van der Waals surface area (Å²) in [6.07, 6.45) is 6.23. The zero-order valence-corrected chi connectivity index (χ0v) is 21.2. The number of morpholine rings is 1. The highest BCUT2D eigenvalue weighted by Crippen LogP contribution is 2.30. The Hall–Kier alpha value is -3.77. The second-order valence-electron chi connectivity index (χ2n) is 9.52. The number of piperazine rings is 1. The summed E-state index contributed by atoms with van der Waals surface area (Å²) in [5.74, 6) is -1.74. The molecule has 1 aliphatic carbocycles. The van der Waals surface area contributed by atoms with E-state index < -0.39 is 29.1 Å². The van der Waals surface area contributed by atoms with E-state index in [0.29, 0.717) is 49.8 Å². The lowest BCUT2D eigenvalue weighted by atomic mass is 10.1. The van der Waals surface area contributed by atoms with Crippen molar-refractivity contribution < 1.29 is 23.8 Å².